The number of hydrogen-bond acceptors (Lipinski definition) is 3. The van der Waals surface area contributed by atoms with E-state index in [-0.39, 0.29) is 18.2 Å². The molecule has 2 aromatic carbocycles. The van der Waals surface area contributed by atoms with Crippen LogP contribution < -0.4 is 4.74 Å². The molecule has 0 fully saturated rings. The van der Waals surface area contributed by atoms with E-state index in [0.29, 0.717) is 22.6 Å². The summed E-state index contributed by atoms with van der Waals surface area (Å²) in [5.74, 6) is 0.427. The molecular weight excluding hydrogens is 302 g/mol. The molecule has 120 valence electrons. The van der Waals surface area contributed by atoms with Gasteiger partial charge in [-0.15, -0.1) is 0 Å². The van der Waals surface area contributed by atoms with Gasteiger partial charge in [-0.3, -0.25) is 9.59 Å². The van der Waals surface area contributed by atoms with Crippen molar-refractivity contribution in [3.05, 3.63) is 89.7 Å². The van der Waals surface area contributed by atoms with E-state index < -0.39 is 0 Å². The number of rotatable bonds is 6. The number of ether oxygens (including phenoxy) is 1. The van der Waals surface area contributed by atoms with Crippen molar-refractivity contribution >= 4 is 11.6 Å². The third-order valence-corrected chi connectivity index (χ3v) is 3.75. The van der Waals surface area contributed by atoms with Crippen LogP contribution in [0.3, 0.4) is 0 Å². The van der Waals surface area contributed by atoms with Crippen LogP contribution in [-0.4, -0.2) is 22.7 Å². The fourth-order valence-corrected chi connectivity index (χ4v) is 2.43. The molecule has 0 radical (unpaired) electrons. The largest absolute Gasteiger partial charge is 0.485 e. The average Bonchev–Trinajstić information content (AvgIpc) is 3.06. The molecule has 0 saturated carbocycles. The number of nitrogens with zero attached hydrogens (tertiary/aromatic N) is 1. The van der Waals surface area contributed by atoms with E-state index in [1.165, 1.54) is 0 Å². The summed E-state index contributed by atoms with van der Waals surface area (Å²) in [6.45, 7) is -0.0379. The molecule has 4 nitrogen and oxygen atoms in total. The predicted octanol–water partition coefficient (Wildman–Crippen LogP) is 3.52. The molecule has 0 spiro atoms. The minimum absolute atomic E-state index is 0.0379. The standard InChI is InChI=1S/C20H17NO3/c1-21-13-5-8-18(21)19(22)14-24-17-11-9-16(10-12-17)20(23)15-6-3-2-4-7-15/h2-13H,14H2,1H3. The number of benzene rings is 2. The van der Waals surface area contributed by atoms with E-state index in [1.807, 2.05) is 37.5 Å². The molecule has 0 N–H and O–H groups in total. The minimum atomic E-state index is -0.0908. The van der Waals surface area contributed by atoms with Gasteiger partial charge in [0.25, 0.3) is 0 Å². The fourth-order valence-electron chi connectivity index (χ4n) is 2.43. The van der Waals surface area contributed by atoms with E-state index in [4.69, 9.17) is 4.74 Å². The molecular formula is C20H17NO3. The normalized spacial score (nSPS) is 10.4. The topological polar surface area (TPSA) is 48.3 Å². The molecule has 0 aliphatic rings. The monoisotopic (exact) mass is 319 g/mol. The van der Waals surface area contributed by atoms with Crippen LogP contribution in [0.25, 0.3) is 0 Å². The summed E-state index contributed by atoms with van der Waals surface area (Å²) in [5.41, 5.74) is 1.83. The van der Waals surface area contributed by atoms with Gasteiger partial charge in [0.2, 0.25) is 5.78 Å². The van der Waals surface area contributed by atoms with Crippen molar-refractivity contribution in [2.45, 2.75) is 0 Å². The lowest BCUT2D eigenvalue weighted by atomic mass is 10.0. The Balaban J connectivity index is 1.64. The molecule has 24 heavy (non-hydrogen) atoms. The lowest BCUT2D eigenvalue weighted by Gasteiger charge is -2.07. The van der Waals surface area contributed by atoms with Crippen LogP contribution in [0.15, 0.2) is 72.9 Å². The summed E-state index contributed by atoms with van der Waals surface area (Å²) in [6, 6.07) is 19.5. The van der Waals surface area contributed by atoms with Crippen molar-refractivity contribution in [3.63, 3.8) is 0 Å². The molecule has 1 aromatic heterocycles. The van der Waals surface area contributed by atoms with Gasteiger partial charge in [0, 0.05) is 24.4 Å². The van der Waals surface area contributed by atoms with Crippen LogP contribution in [0.4, 0.5) is 0 Å². The highest BCUT2D eigenvalue weighted by atomic mass is 16.5. The van der Waals surface area contributed by atoms with E-state index in [2.05, 4.69) is 0 Å². The van der Waals surface area contributed by atoms with Crippen LogP contribution in [0.2, 0.25) is 0 Å². The predicted molar refractivity (Wildman–Crippen MR) is 91.6 cm³/mol. The molecule has 0 aliphatic carbocycles. The fraction of sp³-hybridized carbons (Fsp3) is 0.100. The Labute approximate surface area is 140 Å². The van der Waals surface area contributed by atoms with Gasteiger partial charge >= 0.3 is 0 Å². The second kappa shape index (κ2) is 6.96. The molecule has 4 heteroatoms. The Bertz CT molecular complexity index is 848. The van der Waals surface area contributed by atoms with E-state index >= 15 is 0 Å². The van der Waals surface area contributed by atoms with Crippen molar-refractivity contribution in [2.75, 3.05) is 6.61 Å². The zero-order chi connectivity index (χ0) is 16.9. The number of aromatic nitrogens is 1. The lowest BCUT2D eigenvalue weighted by molar-refractivity contribution is 0.0912. The summed E-state index contributed by atoms with van der Waals surface area (Å²) in [7, 11) is 1.82. The van der Waals surface area contributed by atoms with E-state index in [0.717, 1.165) is 0 Å². The molecule has 0 bridgehead atoms. The minimum Gasteiger partial charge on any atom is -0.485 e. The van der Waals surface area contributed by atoms with Gasteiger partial charge in [-0.2, -0.15) is 0 Å². The molecule has 3 aromatic rings. The number of aryl methyl sites for hydroxylation is 1. The van der Waals surface area contributed by atoms with Crippen molar-refractivity contribution in [3.8, 4) is 5.75 Å². The zero-order valence-corrected chi connectivity index (χ0v) is 13.3. The average molecular weight is 319 g/mol. The molecule has 0 aliphatic heterocycles. The van der Waals surface area contributed by atoms with Gasteiger partial charge in [-0.1, -0.05) is 30.3 Å². The smallest absolute Gasteiger partial charge is 0.216 e. The maximum absolute atomic E-state index is 12.3. The molecule has 0 saturated heterocycles. The molecule has 0 atom stereocenters. The van der Waals surface area contributed by atoms with Gasteiger partial charge < -0.3 is 9.30 Å². The Kier molecular flexibility index (Phi) is 4.57. The highest BCUT2D eigenvalue weighted by molar-refractivity contribution is 6.09. The lowest BCUT2D eigenvalue weighted by Crippen LogP contribution is -2.14. The first-order valence-electron chi connectivity index (χ1n) is 7.62. The van der Waals surface area contributed by atoms with Crippen molar-refractivity contribution in [1.82, 2.24) is 4.57 Å². The first kappa shape index (κ1) is 15.7. The zero-order valence-electron chi connectivity index (χ0n) is 13.3. The van der Waals surface area contributed by atoms with Crippen LogP contribution in [0.1, 0.15) is 26.4 Å². The van der Waals surface area contributed by atoms with E-state index in [9.17, 15) is 9.59 Å². The van der Waals surface area contributed by atoms with Crippen molar-refractivity contribution in [2.24, 2.45) is 7.05 Å². The third kappa shape index (κ3) is 3.43. The molecule has 0 unspecified atom stereocenters. The number of carbonyl (C=O) groups excluding carboxylic acids is 2. The number of Topliss-reactive ketones (excluding diaryl/α,β-unsaturated/α-hetero) is 1. The first-order chi connectivity index (χ1) is 11.6. The van der Waals surface area contributed by atoms with Gasteiger partial charge in [0.1, 0.15) is 5.75 Å². The van der Waals surface area contributed by atoms with E-state index in [1.54, 1.807) is 47.0 Å². The highest BCUT2D eigenvalue weighted by Crippen LogP contribution is 2.16. The summed E-state index contributed by atoms with van der Waals surface area (Å²) in [5, 5.41) is 0. The van der Waals surface area contributed by atoms with Gasteiger partial charge in [-0.25, -0.2) is 0 Å². The van der Waals surface area contributed by atoms with Crippen LogP contribution in [0, 0.1) is 0 Å². The highest BCUT2D eigenvalue weighted by Gasteiger charge is 2.11. The Morgan fingerprint density at radius 3 is 2.17 bits per heavy atom. The Morgan fingerprint density at radius 1 is 0.875 bits per heavy atom. The SMILES string of the molecule is Cn1cccc1C(=O)COc1ccc(C(=O)c2ccccc2)cc1. The molecule has 0 amide bonds. The maximum atomic E-state index is 12.3. The van der Waals surface area contributed by atoms with Gasteiger partial charge in [0.05, 0.1) is 5.69 Å². The Hall–Kier alpha value is -3.14. The van der Waals surface area contributed by atoms with Crippen LogP contribution in [-0.2, 0) is 7.05 Å². The van der Waals surface area contributed by atoms with Crippen LogP contribution in [0.5, 0.6) is 5.75 Å². The van der Waals surface area contributed by atoms with Crippen molar-refractivity contribution < 1.29 is 14.3 Å². The number of hydrogen-bond donors (Lipinski definition) is 0. The molecule has 3 rings (SSSR count). The molecule has 1 heterocycles. The first-order valence-corrected chi connectivity index (χ1v) is 7.62. The summed E-state index contributed by atoms with van der Waals surface area (Å²) in [6.07, 6.45) is 1.82. The van der Waals surface area contributed by atoms with Crippen molar-refractivity contribution in [1.29, 1.82) is 0 Å². The number of carbonyl (C=O) groups is 2. The van der Waals surface area contributed by atoms with Gasteiger partial charge in [0.15, 0.2) is 12.4 Å². The quantitative estimate of drug-likeness (QED) is 0.653. The summed E-state index contributed by atoms with van der Waals surface area (Å²) in [4.78, 5) is 24.4. The number of ketones is 2. The second-order valence-electron chi connectivity index (χ2n) is 5.44. The second-order valence-corrected chi connectivity index (χ2v) is 5.44. The third-order valence-electron chi connectivity index (χ3n) is 3.75. The van der Waals surface area contributed by atoms with Gasteiger partial charge in [-0.05, 0) is 36.4 Å². The van der Waals surface area contributed by atoms with Crippen LogP contribution >= 0.6 is 0 Å². The Morgan fingerprint density at radius 2 is 1.54 bits per heavy atom. The summed E-state index contributed by atoms with van der Waals surface area (Å²) < 4.78 is 7.27. The maximum Gasteiger partial charge on any atom is 0.216 e. The summed E-state index contributed by atoms with van der Waals surface area (Å²) >= 11 is 0.